The Balaban J connectivity index is 1.67. The second-order valence-corrected chi connectivity index (χ2v) is 7.30. The molecule has 28 heavy (non-hydrogen) atoms. The lowest BCUT2D eigenvalue weighted by atomic mass is 10.2. The van der Waals surface area contributed by atoms with Crippen LogP contribution in [0.25, 0.3) is 0 Å². The van der Waals surface area contributed by atoms with Gasteiger partial charge in [0, 0.05) is 28.5 Å². The summed E-state index contributed by atoms with van der Waals surface area (Å²) in [6, 6.07) is 16.4. The normalized spacial score (nSPS) is 15.5. The molecule has 1 aliphatic rings. The smallest absolute Gasteiger partial charge is 0.258 e. The fourth-order valence-corrected chi connectivity index (χ4v) is 3.79. The van der Waals surface area contributed by atoms with Gasteiger partial charge in [0.25, 0.3) is 5.91 Å². The summed E-state index contributed by atoms with van der Waals surface area (Å²) < 4.78 is 5.21. The van der Waals surface area contributed by atoms with Crippen LogP contribution in [-0.2, 0) is 6.54 Å². The van der Waals surface area contributed by atoms with Crippen molar-refractivity contribution < 1.29 is 9.53 Å². The maximum atomic E-state index is 13.0. The van der Waals surface area contributed by atoms with Gasteiger partial charge in [0.2, 0.25) is 0 Å². The van der Waals surface area contributed by atoms with Gasteiger partial charge in [-0.1, -0.05) is 35.3 Å². The van der Waals surface area contributed by atoms with Gasteiger partial charge in [-0.05, 0) is 48.0 Å². The molecule has 7 heteroatoms. The topological polar surface area (TPSA) is 54.5 Å². The predicted molar refractivity (Wildman–Crippen MR) is 110 cm³/mol. The van der Waals surface area contributed by atoms with E-state index in [1.54, 1.807) is 48.5 Å². The third-order valence-electron chi connectivity index (χ3n) is 4.58. The van der Waals surface area contributed by atoms with Crippen molar-refractivity contribution in [1.29, 1.82) is 0 Å². The van der Waals surface area contributed by atoms with Crippen LogP contribution in [0.3, 0.4) is 0 Å². The van der Waals surface area contributed by atoms with E-state index in [1.807, 2.05) is 24.3 Å². The Bertz CT molecular complexity index is 1000. The summed E-state index contributed by atoms with van der Waals surface area (Å²) in [5.74, 6) is 0.689. The molecule has 0 saturated carbocycles. The number of ether oxygens (including phenoxy) is 1. The first-order chi connectivity index (χ1) is 13.5. The van der Waals surface area contributed by atoms with Crippen LogP contribution in [0.2, 0.25) is 10.0 Å². The Hall–Kier alpha value is -2.76. The van der Waals surface area contributed by atoms with E-state index < -0.39 is 6.17 Å². The number of aromatic nitrogens is 1. The van der Waals surface area contributed by atoms with E-state index in [4.69, 9.17) is 27.9 Å². The van der Waals surface area contributed by atoms with Crippen molar-refractivity contribution in [1.82, 2.24) is 9.88 Å². The lowest BCUT2D eigenvalue weighted by Gasteiger charge is -2.27. The highest BCUT2D eigenvalue weighted by molar-refractivity contribution is 6.35. The average molecular weight is 414 g/mol. The van der Waals surface area contributed by atoms with Crippen molar-refractivity contribution in [2.45, 2.75) is 12.7 Å². The summed E-state index contributed by atoms with van der Waals surface area (Å²) in [7, 11) is 1.62. The molecule has 4 rings (SSSR count). The Morgan fingerprint density at radius 1 is 1.11 bits per heavy atom. The molecule has 5 nitrogen and oxygen atoms in total. The highest BCUT2D eigenvalue weighted by Gasteiger charge is 2.37. The molecular formula is C21H17Cl2N3O2. The van der Waals surface area contributed by atoms with E-state index in [1.165, 1.54) is 0 Å². The van der Waals surface area contributed by atoms with E-state index in [-0.39, 0.29) is 5.91 Å². The number of carbonyl (C=O) groups is 1. The van der Waals surface area contributed by atoms with Crippen LogP contribution in [0.5, 0.6) is 5.75 Å². The van der Waals surface area contributed by atoms with Crippen LogP contribution < -0.4 is 10.1 Å². The zero-order valence-electron chi connectivity index (χ0n) is 15.0. The molecule has 0 unspecified atom stereocenters. The number of hydrogen-bond donors (Lipinski definition) is 1. The van der Waals surface area contributed by atoms with Crippen molar-refractivity contribution in [2.75, 3.05) is 12.4 Å². The SMILES string of the molecule is COc1ccc(CN2C(=O)c3cccnc3[C@H]2Nc2cc(Cl)cc(Cl)c2)cc1. The zero-order chi connectivity index (χ0) is 19.7. The lowest BCUT2D eigenvalue weighted by Crippen LogP contribution is -2.32. The molecule has 0 spiro atoms. The van der Waals surface area contributed by atoms with Crippen LogP contribution in [0.1, 0.15) is 27.8 Å². The Kier molecular flexibility index (Phi) is 5.11. The first-order valence-electron chi connectivity index (χ1n) is 8.66. The molecule has 142 valence electrons. The average Bonchev–Trinajstić information content (AvgIpc) is 2.94. The molecule has 1 aromatic heterocycles. The number of amides is 1. The Labute approximate surface area is 172 Å². The van der Waals surface area contributed by atoms with Crippen LogP contribution in [0.4, 0.5) is 5.69 Å². The van der Waals surface area contributed by atoms with Gasteiger partial charge >= 0.3 is 0 Å². The molecule has 0 aliphatic carbocycles. The van der Waals surface area contributed by atoms with Gasteiger partial charge in [0.05, 0.1) is 18.4 Å². The summed E-state index contributed by atoms with van der Waals surface area (Å²) >= 11 is 12.3. The molecule has 1 aliphatic heterocycles. The molecule has 2 heterocycles. The number of carbonyl (C=O) groups excluding carboxylic acids is 1. The quantitative estimate of drug-likeness (QED) is 0.627. The van der Waals surface area contributed by atoms with Crippen LogP contribution in [0, 0.1) is 0 Å². The van der Waals surface area contributed by atoms with Gasteiger partial charge < -0.3 is 15.0 Å². The first-order valence-corrected chi connectivity index (χ1v) is 9.42. The van der Waals surface area contributed by atoms with Gasteiger partial charge in [-0.2, -0.15) is 0 Å². The minimum absolute atomic E-state index is 0.0791. The fraction of sp³-hybridized carbons (Fsp3) is 0.143. The number of nitrogens with one attached hydrogen (secondary N) is 1. The highest BCUT2D eigenvalue weighted by atomic mass is 35.5. The monoisotopic (exact) mass is 413 g/mol. The van der Waals surface area contributed by atoms with Crippen LogP contribution in [-0.4, -0.2) is 22.9 Å². The van der Waals surface area contributed by atoms with Crippen molar-refractivity contribution in [3.8, 4) is 5.75 Å². The van der Waals surface area contributed by atoms with E-state index in [0.717, 1.165) is 11.3 Å². The fourth-order valence-electron chi connectivity index (χ4n) is 3.27. The maximum Gasteiger partial charge on any atom is 0.258 e. The van der Waals surface area contributed by atoms with Crippen LogP contribution in [0.15, 0.2) is 60.8 Å². The summed E-state index contributed by atoms with van der Waals surface area (Å²) in [6.45, 7) is 0.422. The van der Waals surface area contributed by atoms with Crippen molar-refractivity contribution in [2.24, 2.45) is 0 Å². The van der Waals surface area contributed by atoms with E-state index in [0.29, 0.717) is 33.5 Å². The Morgan fingerprint density at radius 2 is 1.82 bits per heavy atom. The van der Waals surface area contributed by atoms with E-state index in [9.17, 15) is 4.79 Å². The second-order valence-electron chi connectivity index (χ2n) is 6.42. The summed E-state index contributed by atoms with van der Waals surface area (Å²) in [6.07, 6.45) is 1.25. The molecular weight excluding hydrogens is 397 g/mol. The molecule has 0 fully saturated rings. The minimum Gasteiger partial charge on any atom is -0.497 e. The van der Waals surface area contributed by atoms with Gasteiger partial charge in [-0.3, -0.25) is 9.78 Å². The third-order valence-corrected chi connectivity index (χ3v) is 5.01. The molecule has 0 bridgehead atoms. The van der Waals surface area contributed by atoms with Gasteiger partial charge in [-0.15, -0.1) is 0 Å². The number of halogens is 2. The molecule has 1 N–H and O–H groups in total. The molecule has 0 radical (unpaired) electrons. The first kappa shape index (κ1) is 18.6. The number of hydrogen-bond acceptors (Lipinski definition) is 4. The maximum absolute atomic E-state index is 13.0. The van der Waals surface area contributed by atoms with Crippen molar-refractivity contribution >= 4 is 34.8 Å². The molecule has 2 aromatic carbocycles. The number of anilines is 1. The number of methoxy groups -OCH3 is 1. The van der Waals surface area contributed by atoms with E-state index >= 15 is 0 Å². The number of nitrogens with zero attached hydrogens (tertiary/aromatic N) is 2. The molecule has 1 atom stereocenters. The van der Waals surface area contributed by atoms with Gasteiger partial charge in [0.15, 0.2) is 0 Å². The summed E-state index contributed by atoms with van der Waals surface area (Å²) in [5.41, 5.74) is 2.96. The van der Waals surface area contributed by atoms with Crippen molar-refractivity contribution in [3.63, 3.8) is 0 Å². The predicted octanol–water partition coefficient (Wildman–Crippen LogP) is 5.16. The Morgan fingerprint density at radius 3 is 2.50 bits per heavy atom. The number of fused-ring (bicyclic) bond motifs is 1. The summed E-state index contributed by atoms with van der Waals surface area (Å²) in [4.78, 5) is 19.2. The summed E-state index contributed by atoms with van der Waals surface area (Å²) in [5, 5.41) is 4.38. The number of rotatable bonds is 5. The van der Waals surface area contributed by atoms with E-state index in [2.05, 4.69) is 10.3 Å². The molecule has 1 amide bonds. The van der Waals surface area contributed by atoms with Gasteiger partial charge in [0.1, 0.15) is 11.9 Å². The second kappa shape index (κ2) is 7.70. The van der Waals surface area contributed by atoms with Gasteiger partial charge in [-0.25, -0.2) is 0 Å². The zero-order valence-corrected chi connectivity index (χ0v) is 16.5. The number of pyridine rings is 1. The standard InChI is InChI=1S/C21H17Cl2N3O2/c1-28-17-6-4-13(5-7-17)12-26-20(19-18(21(26)27)3-2-8-24-19)25-16-10-14(22)9-15(23)11-16/h2-11,20,25H,12H2,1H3/t20-/m0/s1. The number of benzene rings is 2. The molecule has 0 saturated heterocycles. The lowest BCUT2D eigenvalue weighted by molar-refractivity contribution is 0.0728. The minimum atomic E-state index is -0.430. The van der Waals surface area contributed by atoms with Crippen molar-refractivity contribution in [3.05, 3.63) is 87.7 Å². The largest absolute Gasteiger partial charge is 0.497 e. The highest BCUT2D eigenvalue weighted by Crippen LogP contribution is 2.35. The molecule has 3 aromatic rings. The van der Waals surface area contributed by atoms with Crippen LogP contribution >= 0.6 is 23.2 Å². The third kappa shape index (κ3) is 3.63.